The molecule has 0 saturated carbocycles. The van der Waals surface area contributed by atoms with Crippen molar-refractivity contribution >= 4 is 18.0 Å². The summed E-state index contributed by atoms with van der Waals surface area (Å²) in [5.41, 5.74) is 1.35. The Balaban J connectivity index is 3.09. The lowest BCUT2D eigenvalue weighted by atomic mass is 10.1. The van der Waals surface area contributed by atoms with Gasteiger partial charge in [0.1, 0.15) is 5.57 Å². The largest absolute Gasteiger partial charge is 0.477 e. The highest BCUT2D eigenvalue weighted by atomic mass is 16.5. The molecule has 0 atom stereocenters. The van der Waals surface area contributed by atoms with Gasteiger partial charge in [0.25, 0.3) is 0 Å². The molecule has 0 amide bonds. The molecule has 1 aromatic carbocycles. The minimum absolute atomic E-state index is 0.146. The maximum absolute atomic E-state index is 11.6. The Kier molecular flexibility index (Phi) is 6.23. The summed E-state index contributed by atoms with van der Waals surface area (Å²) in [4.78, 5) is 22.7. The lowest BCUT2D eigenvalue weighted by Gasteiger charge is -2.04. The summed E-state index contributed by atoms with van der Waals surface area (Å²) >= 11 is 0. The first-order valence-electron chi connectivity index (χ1n) is 6.46. The molecular weight excluding hydrogens is 256 g/mol. The normalized spacial score (nSPS) is 12.1. The lowest BCUT2D eigenvalue weighted by Crippen LogP contribution is -2.15. The van der Waals surface area contributed by atoms with E-state index in [0.717, 1.165) is 11.1 Å². The van der Waals surface area contributed by atoms with Crippen LogP contribution in [-0.2, 0) is 14.3 Å². The number of carbonyl (C=O) groups is 2. The van der Waals surface area contributed by atoms with Crippen molar-refractivity contribution in [2.24, 2.45) is 0 Å². The Morgan fingerprint density at radius 2 is 1.85 bits per heavy atom. The molecule has 0 heterocycles. The van der Waals surface area contributed by atoms with E-state index in [2.05, 4.69) is 0 Å². The number of carboxylic acid groups (broad SMARTS) is 1. The minimum Gasteiger partial charge on any atom is -0.477 e. The van der Waals surface area contributed by atoms with Crippen LogP contribution >= 0.6 is 0 Å². The van der Waals surface area contributed by atoms with Gasteiger partial charge < -0.3 is 9.84 Å². The van der Waals surface area contributed by atoms with E-state index in [1.165, 1.54) is 6.08 Å². The van der Waals surface area contributed by atoms with Crippen LogP contribution in [0, 0.1) is 0 Å². The highest BCUT2D eigenvalue weighted by Crippen LogP contribution is 2.14. The van der Waals surface area contributed by atoms with Crippen molar-refractivity contribution in [3.05, 3.63) is 53.1 Å². The molecule has 4 nitrogen and oxygen atoms in total. The van der Waals surface area contributed by atoms with Crippen molar-refractivity contribution in [1.29, 1.82) is 0 Å². The first kappa shape index (κ1) is 15.7. The molecule has 106 valence electrons. The van der Waals surface area contributed by atoms with Gasteiger partial charge in [-0.2, -0.15) is 0 Å². The number of allylic oxidation sites excluding steroid dienone is 2. The average molecular weight is 274 g/mol. The molecule has 1 aromatic rings. The van der Waals surface area contributed by atoms with Crippen molar-refractivity contribution in [3.63, 3.8) is 0 Å². The number of hydrogen-bond acceptors (Lipinski definition) is 3. The molecule has 0 aliphatic heterocycles. The molecule has 1 rings (SSSR count). The van der Waals surface area contributed by atoms with Crippen LogP contribution in [0.25, 0.3) is 6.08 Å². The van der Waals surface area contributed by atoms with Gasteiger partial charge in [0.05, 0.1) is 6.61 Å². The summed E-state index contributed by atoms with van der Waals surface area (Å²) in [6.07, 6.45) is 3.83. The van der Waals surface area contributed by atoms with Crippen LogP contribution in [0.15, 0.2) is 47.6 Å². The maximum atomic E-state index is 11.6. The molecule has 0 aromatic heterocycles. The molecule has 0 aliphatic carbocycles. The number of rotatable bonds is 6. The zero-order valence-corrected chi connectivity index (χ0v) is 11.6. The standard InChI is InChI=1S/C16H18O4/c1-3-12(10-13-8-6-5-7-9-13)11-14(15(17)18)16(19)20-4-2/h5-11H,3-4H2,1-2H3,(H,17,18). The molecule has 0 aliphatic rings. The van der Waals surface area contributed by atoms with Crippen molar-refractivity contribution < 1.29 is 19.4 Å². The van der Waals surface area contributed by atoms with E-state index in [4.69, 9.17) is 9.84 Å². The minimum atomic E-state index is -1.28. The monoisotopic (exact) mass is 274 g/mol. The topological polar surface area (TPSA) is 63.6 Å². The zero-order chi connectivity index (χ0) is 15.0. The summed E-state index contributed by atoms with van der Waals surface area (Å²) in [5, 5.41) is 9.08. The predicted octanol–water partition coefficient (Wildman–Crippen LogP) is 3.05. The van der Waals surface area contributed by atoms with E-state index < -0.39 is 11.9 Å². The maximum Gasteiger partial charge on any atom is 0.345 e. The second-order valence-electron chi connectivity index (χ2n) is 4.07. The second kappa shape index (κ2) is 7.94. The van der Waals surface area contributed by atoms with Gasteiger partial charge in [-0.3, -0.25) is 0 Å². The van der Waals surface area contributed by atoms with Crippen LogP contribution in [0.1, 0.15) is 25.8 Å². The third-order valence-corrected chi connectivity index (χ3v) is 2.62. The fraction of sp³-hybridized carbons (Fsp3) is 0.250. The number of carbonyl (C=O) groups excluding carboxylic acids is 1. The molecule has 1 N–H and O–H groups in total. The molecule has 4 heteroatoms. The molecule has 0 bridgehead atoms. The second-order valence-corrected chi connectivity index (χ2v) is 4.07. The van der Waals surface area contributed by atoms with E-state index in [-0.39, 0.29) is 12.2 Å². The van der Waals surface area contributed by atoms with Crippen molar-refractivity contribution in [3.8, 4) is 0 Å². The number of esters is 1. The van der Waals surface area contributed by atoms with Crippen LogP contribution in [0.2, 0.25) is 0 Å². The van der Waals surface area contributed by atoms with Gasteiger partial charge in [-0.25, -0.2) is 9.59 Å². The van der Waals surface area contributed by atoms with Crippen molar-refractivity contribution in [2.45, 2.75) is 20.3 Å². The van der Waals surface area contributed by atoms with Crippen LogP contribution in [0.3, 0.4) is 0 Å². The quantitative estimate of drug-likeness (QED) is 0.285. The molecule has 0 fully saturated rings. The summed E-state index contributed by atoms with van der Waals surface area (Å²) in [6.45, 7) is 3.68. The van der Waals surface area contributed by atoms with Crippen LogP contribution in [0.5, 0.6) is 0 Å². The Morgan fingerprint density at radius 1 is 1.20 bits per heavy atom. The molecule has 0 spiro atoms. The molecular formula is C16H18O4. The molecule has 0 radical (unpaired) electrons. The molecule has 0 unspecified atom stereocenters. The number of ether oxygens (including phenoxy) is 1. The third-order valence-electron chi connectivity index (χ3n) is 2.62. The lowest BCUT2D eigenvalue weighted by molar-refractivity contribution is -0.143. The van der Waals surface area contributed by atoms with Gasteiger partial charge in [-0.15, -0.1) is 0 Å². The SMILES string of the molecule is CCOC(=O)C(=CC(=Cc1ccccc1)CC)C(=O)O. The van der Waals surface area contributed by atoms with Crippen LogP contribution in [0.4, 0.5) is 0 Å². The van der Waals surface area contributed by atoms with Crippen molar-refractivity contribution in [2.75, 3.05) is 6.61 Å². The average Bonchev–Trinajstić information content (AvgIpc) is 2.44. The van der Waals surface area contributed by atoms with E-state index in [0.29, 0.717) is 6.42 Å². The predicted molar refractivity (Wildman–Crippen MR) is 77.1 cm³/mol. The van der Waals surface area contributed by atoms with Crippen LogP contribution in [-0.4, -0.2) is 23.7 Å². The fourth-order valence-electron chi connectivity index (χ4n) is 1.61. The van der Waals surface area contributed by atoms with Gasteiger partial charge in [0, 0.05) is 0 Å². The molecule has 0 saturated heterocycles. The highest BCUT2D eigenvalue weighted by Gasteiger charge is 2.18. The Labute approximate surface area is 118 Å². The van der Waals surface area contributed by atoms with Gasteiger partial charge in [-0.05, 0) is 30.6 Å². The number of benzene rings is 1. The van der Waals surface area contributed by atoms with E-state index in [1.807, 2.05) is 43.3 Å². The Bertz CT molecular complexity index is 527. The summed E-state index contributed by atoms with van der Waals surface area (Å²) in [5.74, 6) is -2.09. The van der Waals surface area contributed by atoms with E-state index in [1.54, 1.807) is 6.92 Å². The third kappa shape index (κ3) is 4.72. The number of carboxylic acids is 1. The van der Waals surface area contributed by atoms with E-state index in [9.17, 15) is 9.59 Å². The first-order chi connectivity index (χ1) is 9.58. The summed E-state index contributed by atoms with van der Waals surface area (Å²) in [6, 6.07) is 9.52. The van der Waals surface area contributed by atoms with Gasteiger partial charge in [-0.1, -0.05) is 43.3 Å². The first-order valence-corrected chi connectivity index (χ1v) is 6.46. The van der Waals surface area contributed by atoms with E-state index >= 15 is 0 Å². The fourth-order valence-corrected chi connectivity index (χ4v) is 1.61. The summed E-state index contributed by atoms with van der Waals surface area (Å²) < 4.78 is 4.75. The molecule has 20 heavy (non-hydrogen) atoms. The smallest absolute Gasteiger partial charge is 0.345 e. The summed E-state index contributed by atoms with van der Waals surface area (Å²) in [7, 11) is 0. The van der Waals surface area contributed by atoms with Gasteiger partial charge >= 0.3 is 11.9 Å². The Morgan fingerprint density at radius 3 is 2.35 bits per heavy atom. The van der Waals surface area contributed by atoms with Crippen LogP contribution < -0.4 is 0 Å². The van der Waals surface area contributed by atoms with Gasteiger partial charge in [0.15, 0.2) is 0 Å². The zero-order valence-electron chi connectivity index (χ0n) is 11.6. The number of hydrogen-bond donors (Lipinski definition) is 1. The van der Waals surface area contributed by atoms with Crippen molar-refractivity contribution in [1.82, 2.24) is 0 Å². The Hall–Kier alpha value is -2.36. The van der Waals surface area contributed by atoms with Gasteiger partial charge in [0.2, 0.25) is 0 Å². The highest BCUT2D eigenvalue weighted by molar-refractivity contribution is 6.13. The number of aliphatic carboxylic acids is 1.